The second-order valence-electron chi connectivity index (χ2n) is 5.62. The van der Waals surface area contributed by atoms with E-state index in [4.69, 9.17) is 0 Å². The highest BCUT2D eigenvalue weighted by atomic mass is 16.1. The molecule has 0 aliphatic carbocycles. The Kier molecular flexibility index (Phi) is 3.70. The molecule has 0 saturated heterocycles. The Bertz CT molecular complexity index is 1000. The lowest BCUT2D eigenvalue weighted by atomic mass is 10.4. The number of rotatable bonds is 4. The number of aromatic nitrogens is 6. The molecule has 4 heterocycles. The molecule has 1 N–H and O–H groups in total. The van der Waals surface area contributed by atoms with E-state index >= 15 is 0 Å². The van der Waals surface area contributed by atoms with Crippen LogP contribution in [0.1, 0.15) is 21.9 Å². The minimum Gasteiger partial charge on any atom is -0.318 e. The van der Waals surface area contributed by atoms with E-state index in [9.17, 15) is 4.79 Å². The standard InChI is InChI=1S/C17H15N7O/c1-12-6-19-15(8-18-12)17(25)22-13-7-20-24(10-13)11-14-9-23-5-3-2-4-16(23)21-14/h2-10H,11H2,1H3,(H,22,25). The third-order valence-corrected chi connectivity index (χ3v) is 3.64. The molecule has 4 aromatic heterocycles. The zero-order valence-corrected chi connectivity index (χ0v) is 13.5. The molecule has 0 spiro atoms. The van der Waals surface area contributed by atoms with Crippen molar-refractivity contribution in [1.29, 1.82) is 0 Å². The van der Waals surface area contributed by atoms with E-state index < -0.39 is 0 Å². The van der Waals surface area contributed by atoms with Crippen molar-refractivity contribution in [2.24, 2.45) is 0 Å². The van der Waals surface area contributed by atoms with E-state index in [1.807, 2.05) is 41.9 Å². The molecule has 8 heteroatoms. The van der Waals surface area contributed by atoms with Gasteiger partial charge in [-0.05, 0) is 19.1 Å². The summed E-state index contributed by atoms with van der Waals surface area (Å²) in [5.41, 5.74) is 3.39. The number of hydrogen-bond donors (Lipinski definition) is 1. The van der Waals surface area contributed by atoms with Gasteiger partial charge in [-0.25, -0.2) is 9.97 Å². The van der Waals surface area contributed by atoms with Crippen LogP contribution >= 0.6 is 0 Å². The van der Waals surface area contributed by atoms with Crippen molar-refractivity contribution < 1.29 is 4.79 Å². The van der Waals surface area contributed by atoms with Crippen LogP contribution in [0.2, 0.25) is 0 Å². The summed E-state index contributed by atoms with van der Waals surface area (Å²) < 4.78 is 3.68. The summed E-state index contributed by atoms with van der Waals surface area (Å²) in [6, 6.07) is 5.84. The van der Waals surface area contributed by atoms with Crippen molar-refractivity contribution in [1.82, 2.24) is 29.1 Å². The lowest BCUT2D eigenvalue weighted by Crippen LogP contribution is -2.13. The van der Waals surface area contributed by atoms with Gasteiger partial charge in [-0.15, -0.1) is 0 Å². The Balaban J connectivity index is 1.46. The van der Waals surface area contributed by atoms with Gasteiger partial charge in [0, 0.05) is 24.8 Å². The van der Waals surface area contributed by atoms with Crippen LogP contribution in [-0.4, -0.2) is 35.0 Å². The molecule has 124 valence electrons. The summed E-state index contributed by atoms with van der Waals surface area (Å²) >= 11 is 0. The second-order valence-corrected chi connectivity index (χ2v) is 5.62. The molecule has 0 aromatic carbocycles. The van der Waals surface area contributed by atoms with Gasteiger partial charge in [-0.1, -0.05) is 6.07 Å². The monoisotopic (exact) mass is 333 g/mol. The summed E-state index contributed by atoms with van der Waals surface area (Å²) in [5.74, 6) is -0.320. The van der Waals surface area contributed by atoms with Gasteiger partial charge in [0.2, 0.25) is 0 Å². The average Bonchev–Trinajstić information content (AvgIpc) is 3.21. The van der Waals surface area contributed by atoms with Gasteiger partial charge in [0.25, 0.3) is 5.91 Å². The molecule has 4 aromatic rings. The fraction of sp³-hybridized carbons (Fsp3) is 0.118. The Morgan fingerprint density at radius 1 is 1.16 bits per heavy atom. The molecule has 0 saturated carbocycles. The van der Waals surface area contributed by atoms with Crippen LogP contribution in [0.25, 0.3) is 5.65 Å². The van der Waals surface area contributed by atoms with Crippen LogP contribution in [0.4, 0.5) is 5.69 Å². The topological polar surface area (TPSA) is 90.0 Å². The van der Waals surface area contributed by atoms with Gasteiger partial charge < -0.3 is 9.72 Å². The number of fused-ring (bicyclic) bond motifs is 1. The highest BCUT2D eigenvalue weighted by Crippen LogP contribution is 2.10. The van der Waals surface area contributed by atoms with Gasteiger partial charge in [-0.2, -0.15) is 5.10 Å². The Morgan fingerprint density at radius 2 is 2.08 bits per heavy atom. The molecule has 4 rings (SSSR count). The normalized spacial score (nSPS) is 10.9. The number of carbonyl (C=O) groups excluding carboxylic acids is 1. The largest absolute Gasteiger partial charge is 0.318 e. The van der Waals surface area contributed by atoms with E-state index in [2.05, 4.69) is 25.4 Å². The summed E-state index contributed by atoms with van der Waals surface area (Å²) in [6.07, 6.45) is 10.3. The van der Waals surface area contributed by atoms with Crippen molar-refractivity contribution in [2.75, 3.05) is 5.32 Å². The molecule has 0 atom stereocenters. The molecular formula is C17H15N7O. The van der Waals surface area contributed by atoms with E-state index in [0.717, 1.165) is 17.0 Å². The molecule has 0 unspecified atom stereocenters. The summed E-state index contributed by atoms with van der Waals surface area (Å²) in [5, 5.41) is 7.02. The summed E-state index contributed by atoms with van der Waals surface area (Å²) in [7, 11) is 0. The highest BCUT2D eigenvalue weighted by Gasteiger charge is 2.10. The van der Waals surface area contributed by atoms with Crippen LogP contribution < -0.4 is 5.32 Å². The number of hydrogen-bond acceptors (Lipinski definition) is 5. The van der Waals surface area contributed by atoms with Crippen molar-refractivity contribution in [3.05, 3.63) is 72.5 Å². The molecule has 8 nitrogen and oxygen atoms in total. The predicted octanol–water partition coefficient (Wildman–Crippen LogP) is 1.93. The van der Waals surface area contributed by atoms with Crippen molar-refractivity contribution in [2.45, 2.75) is 13.5 Å². The zero-order valence-electron chi connectivity index (χ0n) is 13.5. The van der Waals surface area contributed by atoms with Crippen LogP contribution in [0.15, 0.2) is 55.4 Å². The second kappa shape index (κ2) is 6.16. The van der Waals surface area contributed by atoms with Gasteiger partial charge in [0.15, 0.2) is 0 Å². The first-order chi connectivity index (χ1) is 12.2. The van der Waals surface area contributed by atoms with Crippen LogP contribution in [0, 0.1) is 6.92 Å². The van der Waals surface area contributed by atoms with Gasteiger partial charge in [0.1, 0.15) is 11.3 Å². The Labute approximate surface area is 143 Å². The zero-order chi connectivity index (χ0) is 17.2. The lowest BCUT2D eigenvalue weighted by molar-refractivity contribution is 0.102. The first kappa shape index (κ1) is 15.0. The Morgan fingerprint density at radius 3 is 2.88 bits per heavy atom. The maximum Gasteiger partial charge on any atom is 0.275 e. The fourth-order valence-electron chi connectivity index (χ4n) is 2.45. The molecule has 0 bridgehead atoms. The molecule has 0 radical (unpaired) electrons. The van der Waals surface area contributed by atoms with E-state index in [0.29, 0.717) is 12.2 Å². The molecule has 0 aliphatic rings. The van der Waals surface area contributed by atoms with Crippen LogP contribution in [0.5, 0.6) is 0 Å². The number of carbonyl (C=O) groups is 1. The van der Waals surface area contributed by atoms with Gasteiger partial charge in [0.05, 0.1) is 36.0 Å². The first-order valence-electron chi connectivity index (χ1n) is 7.72. The minimum absolute atomic E-state index is 0.263. The van der Waals surface area contributed by atoms with Crippen LogP contribution in [-0.2, 0) is 6.54 Å². The number of imidazole rings is 1. The predicted molar refractivity (Wildman–Crippen MR) is 91.2 cm³/mol. The molecular weight excluding hydrogens is 318 g/mol. The number of nitrogens with one attached hydrogen (secondary N) is 1. The average molecular weight is 333 g/mol. The number of aryl methyl sites for hydroxylation is 1. The summed E-state index contributed by atoms with van der Waals surface area (Å²) in [6.45, 7) is 2.33. The molecule has 0 fully saturated rings. The third-order valence-electron chi connectivity index (χ3n) is 3.64. The van der Waals surface area contributed by atoms with E-state index in [-0.39, 0.29) is 11.6 Å². The number of anilines is 1. The molecule has 0 aliphatic heterocycles. The van der Waals surface area contributed by atoms with Gasteiger partial charge >= 0.3 is 0 Å². The maximum atomic E-state index is 12.1. The highest BCUT2D eigenvalue weighted by molar-refractivity contribution is 6.02. The smallest absolute Gasteiger partial charge is 0.275 e. The summed E-state index contributed by atoms with van der Waals surface area (Å²) in [4.78, 5) is 24.8. The van der Waals surface area contributed by atoms with E-state index in [1.54, 1.807) is 23.3 Å². The lowest BCUT2D eigenvalue weighted by Gasteiger charge is -2.01. The minimum atomic E-state index is -0.320. The van der Waals surface area contributed by atoms with Crippen molar-refractivity contribution in [3.63, 3.8) is 0 Å². The molecule has 25 heavy (non-hydrogen) atoms. The maximum absolute atomic E-state index is 12.1. The van der Waals surface area contributed by atoms with Crippen molar-refractivity contribution in [3.8, 4) is 0 Å². The molecule has 1 amide bonds. The number of pyridine rings is 1. The number of nitrogens with zero attached hydrogens (tertiary/aromatic N) is 6. The van der Waals surface area contributed by atoms with Crippen LogP contribution in [0.3, 0.4) is 0 Å². The quantitative estimate of drug-likeness (QED) is 0.616. The first-order valence-corrected chi connectivity index (χ1v) is 7.72. The van der Waals surface area contributed by atoms with E-state index in [1.165, 1.54) is 6.20 Å². The fourth-order valence-corrected chi connectivity index (χ4v) is 2.45. The Hall–Kier alpha value is -3.55. The third kappa shape index (κ3) is 3.23. The van der Waals surface area contributed by atoms with Gasteiger partial charge in [-0.3, -0.25) is 14.5 Å². The number of amides is 1. The van der Waals surface area contributed by atoms with Crippen molar-refractivity contribution >= 4 is 17.2 Å². The SMILES string of the molecule is Cc1cnc(C(=O)Nc2cnn(Cc3cn4ccccc4n3)c2)cn1.